The number of nitrogens with zero attached hydrogens (tertiary/aromatic N) is 4. The molecule has 0 radical (unpaired) electrons. The highest BCUT2D eigenvalue weighted by molar-refractivity contribution is 5.69. The maximum absolute atomic E-state index is 11.2. The molecule has 1 heterocycles. The van der Waals surface area contributed by atoms with Crippen LogP contribution < -0.4 is 0 Å². The maximum atomic E-state index is 11.2. The van der Waals surface area contributed by atoms with Gasteiger partial charge in [0.2, 0.25) is 0 Å². The highest BCUT2D eigenvalue weighted by Crippen LogP contribution is 2.04. The van der Waals surface area contributed by atoms with Crippen LogP contribution in [0.1, 0.15) is 25.6 Å². The quantitative estimate of drug-likeness (QED) is 0.589. The van der Waals surface area contributed by atoms with Gasteiger partial charge >= 0.3 is 5.97 Å². The molecule has 0 spiro atoms. The standard InChI is InChI=1S/C13H24N4O3/c1-4-6-17-12(14-11-15-17)10-16(8-9-19-2)7-5-13(18)20-3/h11H,4-10H2,1-3H3. The van der Waals surface area contributed by atoms with Crippen molar-refractivity contribution in [3.05, 3.63) is 12.2 Å². The molecular formula is C13H24N4O3. The highest BCUT2D eigenvalue weighted by Gasteiger charge is 2.12. The minimum Gasteiger partial charge on any atom is -0.469 e. The first-order valence-electron chi connectivity index (χ1n) is 6.86. The number of rotatable bonds is 10. The van der Waals surface area contributed by atoms with E-state index in [4.69, 9.17) is 4.74 Å². The second-order valence-corrected chi connectivity index (χ2v) is 4.49. The van der Waals surface area contributed by atoms with E-state index in [-0.39, 0.29) is 5.97 Å². The van der Waals surface area contributed by atoms with Crippen LogP contribution in [0, 0.1) is 0 Å². The molecule has 0 aliphatic carbocycles. The normalized spacial score (nSPS) is 11.0. The zero-order valence-corrected chi connectivity index (χ0v) is 12.5. The van der Waals surface area contributed by atoms with Crippen molar-refractivity contribution in [1.29, 1.82) is 0 Å². The molecule has 0 aromatic carbocycles. The van der Waals surface area contributed by atoms with E-state index < -0.39 is 0 Å². The molecule has 1 rings (SSSR count). The maximum Gasteiger partial charge on any atom is 0.306 e. The number of carbonyl (C=O) groups is 1. The third kappa shape index (κ3) is 5.66. The molecule has 0 aliphatic rings. The SMILES string of the molecule is CCCn1ncnc1CN(CCOC)CCC(=O)OC. The van der Waals surface area contributed by atoms with Crippen molar-refractivity contribution in [3.8, 4) is 0 Å². The van der Waals surface area contributed by atoms with Crippen LogP contribution in [0.5, 0.6) is 0 Å². The van der Waals surface area contributed by atoms with Gasteiger partial charge in [-0.15, -0.1) is 0 Å². The minimum absolute atomic E-state index is 0.206. The largest absolute Gasteiger partial charge is 0.469 e. The Labute approximate surface area is 119 Å². The Morgan fingerprint density at radius 1 is 1.40 bits per heavy atom. The topological polar surface area (TPSA) is 69.5 Å². The molecule has 0 saturated heterocycles. The van der Waals surface area contributed by atoms with E-state index in [1.54, 1.807) is 13.4 Å². The smallest absolute Gasteiger partial charge is 0.306 e. The van der Waals surface area contributed by atoms with E-state index in [1.165, 1.54) is 7.11 Å². The van der Waals surface area contributed by atoms with Gasteiger partial charge in [0.25, 0.3) is 0 Å². The Hall–Kier alpha value is -1.47. The Morgan fingerprint density at radius 3 is 2.85 bits per heavy atom. The van der Waals surface area contributed by atoms with E-state index in [9.17, 15) is 4.79 Å². The van der Waals surface area contributed by atoms with Crippen molar-refractivity contribution < 1.29 is 14.3 Å². The number of aromatic nitrogens is 3. The van der Waals surface area contributed by atoms with E-state index in [0.717, 1.165) is 25.3 Å². The van der Waals surface area contributed by atoms with Crippen LogP contribution in [-0.4, -0.2) is 59.5 Å². The van der Waals surface area contributed by atoms with Gasteiger partial charge in [-0.05, 0) is 6.42 Å². The number of hydrogen-bond acceptors (Lipinski definition) is 6. The zero-order chi connectivity index (χ0) is 14.8. The van der Waals surface area contributed by atoms with Gasteiger partial charge in [-0.3, -0.25) is 9.69 Å². The fraction of sp³-hybridized carbons (Fsp3) is 0.769. The fourth-order valence-electron chi connectivity index (χ4n) is 1.85. The Balaban J connectivity index is 2.57. The zero-order valence-electron chi connectivity index (χ0n) is 12.5. The summed E-state index contributed by atoms with van der Waals surface area (Å²) < 4.78 is 11.7. The summed E-state index contributed by atoms with van der Waals surface area (Å²) in [5.41, 5.74) is 0. The monoisotopic (exact) mass is 284 g/mol. The number of methoxy groups -OCH3 is 2. The molecule has 1 aromatic heterocycles. The van der Waals surface area contributed by atoms with Crippen molar-refractivity contribution in [3.63, 3.8) is 0 Å². The van der Waals surface area contributed by atoms with Crippen LogP contribution in [0.15, 0.2) is 6.33 Å². The van der Waals surface area contributed by atoms with Crippen LogP contribution >= 0.6 is 0 Å². The molecule has 0 amide bonds. The lowest BCUT2D eigenvalue weighted by Gasteiger charge is -2.21. The van der Waals surface area contributed by atoms with Gasteiger partial charge in [0.1, 0.15) is 12.2 Å². The molecule has 7 nitrogen and oxygen atoms in total. The van der Waals surface area contributed by atoms with Crippen molar-refractivity contribution >= 4 is 5.97 Å². The number of hydrogen-bond donors (Lipinski definition) is 0. The van der Waals surface area contributed by atoms with E-state index in [2.05, 4.69) is 26.6 Å². The summed E-state index contributed by atoms with van der Waals surface area (Å²) in [5, 5.41) is 4.21. The van der Waals surface area contributed by atoms with Gasteiger partial charge < -0.3 is 9.47 Å². The van der Waals surface area contributed by atoms with Crippen molar-refractivity contribution in [2.24, 2.45) is 0 Å². The summed E-state index contributed by atoms with van der Waals surface area (Å²) >= 11 is 0. The van der Waals surface area contributed by atoms with Gasteiger partial charge in [0.15, 0.2) is 0 Å². The number of aryl methyl sites for hydroxylation is 1. The number of esters is 1. The summed E-state index contributed by atoms with van der Waals surface area (Å²) in [6, 6.07) is 0. The second kappa shape index (κ2) is 9.44. The molecule has 0 fully saturated rings. The van der Waals surface area contributed by atoms with Crippen molar-refractivity contribution in [1.82, 2.24) is 19.7 Å². The molecule has 1 aromatic rings. The molecule has 0 saturated carbocycles. The lowest BCUT2D eigenvalue weighted by molar-refractivity contribution is -0.141. The summed E-state index contributed by atoms with van der Waals surface area (Å²) in [6.45, 7) is 5.58. The van der Waals surface area contributed by atoms with Gasteiger partial charge in [0.05, 0.1) is 26.7 Å². The van der Waals surface area contributed by atoms with E-state index in [0.29, 0.717) is 26.1 Å². The van der Waals surface area contributed by atoms with E-state index in [1.807, 2.05) is 4.68 Å². The van der Waals surface area contributed by atoms with Crippen LogP contribution in [0.2, 0.25) is 0 Å². The summed E-state index contributed by atoms with van der Waals surface area (Å²) in [4.78, 5) is 17.7. The Kier molecular flexibility index (Phi) is 7.82. The van der Waals surface area contributed by atoms with Crippen molar-refractivity contribution in [2.45, 2.75) is 32.9 Å². The first-order valence-corrected chi connectivity index (χ1v) is 6.86. The first-order chi connectivity index (χ1) is 9.71. The summed E-state index contributed by atoms with van der Waals surface area (Å²) in [6.07, 6.45) is 2.94. The third-order valence-corrected chi connectivity index (χ3v) is 2.97. The molecule has 0 N–H and O–H groups in total. The van der Waals surface area contributed by atoms with Crippen LogP contribution in [0.3, 0.4) is 0 Å². The molecule has 20 heavy (non-hydrogen) atoms. The molecule has 7 heteroatoms. The lowest BCUT2D eigenvalue weighted by Crippen LogP contribution is -2.31. The van der Waals surface area contributed by atoms with Crippen LogP contribution in [-0.2, 0) is 27.4 Å². The van der Waals surface area contributed by atoms with Gasteiger partial charge in [-0.25, -0.2) is 9.67 Å². The summed E-state index contributed by atoms with van der Waals surface area (Å²) in [5.74, 6) is 0.704. The molecule has 0 bridgehead atoms. The molecule has 0 aliphatic heterocycles. The first kappa shape index (κ1) is 16.6. The average molecular weight is 284 g/mol. The summed E-state index contributed by atoms with van der Waals surface area (Å²) in [7, 11) is 3.07. The predicted molar refractivity (Wildman–Crippen MR) is 74.1 cm³/mol. The Morgan fingerprint density at radius 2 is 2.20 bits per heavy atom. The predicted octanol–water partition coefficient (Wildman–Crippen LogP) is 0.700. The van der Waals surface area contributed by atoms with E-state index >= 15 is 0 Å². The van der Waals surface area contributed by atoms with Gasteiger partial charge in [-0.2, -0.15) is 5.10 Å². The minimum atomic E-state index is -0.206. The average Bonchev–Trinajstić information content (AvgIpc) is 2.89. The molecule has 0 atom stereocenters. The van der Waals surface area contributed by atoms with Crippen LogP contribution in [0.4, 0.5) is 0 Å². The lowest BCUT2D eigenvalue weighted by atomic mass is 10.3. The van der Waals surface area contributed by atoms with Gasteiger partial charge in [-0.1, -0.05) is 6.92 Å². The molecule has 0 unspecified atom stereocenters. The molecule has 114 valence electrons. The molecular weight excluding hydrogens is 260 g/mol. The highest BCUT2D eigenvalue weighted by atomic mass is 16.5. The third-order valence-electron chi connectivity index (χ3n) is 2.97. The number of carbonyl (C=O) groups excluding carboxylic acids is 1. The Bertz CT molecular complexity index is 395. The fourth-order valence-corrected chi connectivity index (χ4v) is 1.85. The number of ether oxygens (including phenoxy) is 2. The van der Waals surface area contributed by atoms with Gasteiger partial charge in [0, 0.05) is 26.7 Å². The second-order valence-electron chi connectivity index (χ2n) is 4.49. The van der Waals surface area contributed by atoms with Crippen LogP contribution in [0.25, 0.3) is 0 Å². The van der Waals surface area contributed by atoms with Crippen molar-refractivity contribution in [2.75, 3.05) is 33.9 Å².